The van der Waals surface area contributed by atoms with Gasteiger partial charge in [0, 0.05) is 13.0 Å². The van der Waals surface area contributed by atoms with Crippen LogP contribution >= 0.6 is 0 Å². The highest BCUT2D eigenvalue weighted by Crippen LogP contribution is 2.16. The Morgan fingerprint density at radius 2 is 1.72 bits per heavy atom. The van der Waals surface area contributed by atoms with Gasteiger partial charge in [0.05, 0.1) is 0 Å². The number of amides is 1. The van der Waals surface area contributed by atoms with Crippen LogP contribution in [0.4, 0.5) is 0 Å². The largest absolute Gasteiger partial charge is 0.489 e. The molecule has 2 aromatic rings. The van der Waals surface area contributed by atoms with E-state index in [0.717, 1.165) is 42.8 Å². The van der Waals surface area contributed by atoms with Crippen molar-refractivity contribution in [3.8, 4) is 5.75 Å². The SMILES string of the molecule is O=C(CC1CCNCC1)NCc1ccc(OCc2ccccc2)cc1. The van der Waals surface area contributed by atoms with Crippen molar-refractivity contribution < 1.29 is 9.53 Å². The van der Waals surface area contributed by atoms with Crippen LogP contribution in [0.1, 0.15) is 30.4 Å². The molecule has 2 N–H and O–H groups in total. The van der Waals surface area contributed by atoms with Crippen LogP contribution in [0.25, 0.3) is 0 Å². The van der Waals surface area contributed by atoms with Gasteiger partial charge in [-0.1, -0.05) is 42.5 Å². The summed E-state index contributed by atoms with van der Waals surface area (Å²) in [6, 6.07) is 18.0. The molecule has 0 radical (unpaired) electrons. The Bertz CT molecular complexity index is 649. The first-order valence-corrected chi connectivity index (χ1v) is 9.03. The van der Waals surface area contributed by atoms with Crippen molar-refractivity contribution >= 4 is 5.91 Å². The third-order valence-corrected chi connectivity index (χ3v) is 4.59. The molecule has 0 spiro atoms. The molecule has 4 heteroatoms. The normalized spacial score (nSPS) is 14.9. The predicted octanol–water partition coefficient (Wildman–Crippen LogP) is 3.27. The molecule has 1 fully saturated rings. The summed E-state index contributed by atoms with van der Waals surface area (Å²) in [6.07, 6.45) is 2.84. The number of benzene rings is 2. The Kier molecular flexibility index (Phi) is 6.46. The van der Waals surface area contributed by atoms with Gasteiger partial charge in [0.1, 0.15) is 12.4 Å². The lowest BCUT2D eigenvalue weighted by Gasteiger charge is -2.21. The summed E-state index contributed by atoms with van der Waals surface area (Å²) in [5, 5.41) is 6.35. The van der Waals surface area contributed by atoms with E-state index in [1.165, 1.54) is 0 Å². The molecule has 1 saturated heterocycles. The molecule has 3 rings (SSSR count). The van der Waals surface area contributed by atoms with Gasteiger partial charge in [-0.25, -0.2) is 0 Å². The summed E-state index contributed by atoms with van der Waals surface area (Å²) in [5.74, 6) is 1.51. The fourth-order valence-corrected chi connectivity index (χ4v) is 3.07. The van der Waals surface area contributed by atoms with Crippen LogP contribution in [-0.2, 0) is 17.9 Å². The molecule has 0 aromatic heterocycles. The Morgan fingerprint density at radius 3 is 2.44 bits per heavy atom. The van der Waals surface area contributed by atoms with E-state index in [1.807, 2.05) is 54.6 Å². The lowest BCUT2D eigenvalue weighted by atomic mass is 9.94. The summed E-state index contributed by atoms with van der Waals surface area (Å²) < 4.78 is 5.78. The first-order chi connectivity index (χ1) is 12.3. The molecule has 2 aromatic carbocycles. The zero-order valence-corrected chi connectivity index (χ0v) is 14.5. The van der Waals surface area contributed by atoms with Crippen molar-refractivity contribution in [2.24, 2.45) is 5.92 Å². The van der Waals surface area contributed by atoms with E-state index in [0.29, 0.717) is 25.5 Å². The van der Waals surface area contributed by atoms with E-state index < -0.39 is 0 Å². The average Bonchev–Trinajstić information content (AvgIpc) is 2.67. The quantitative estimate of drug-likeness (QED) is 0.815. The summed E-state index contributed by atoms with van der Waals surface area (Å²) in [6.45, 7) is 3.20. The number of carbonyl (C=O) groups is 1. The van der Waals surface area contributed by atoms with Crippen LogP contribution in [0.2, 0.25) is 0 Å². The van der Waals surface area contributed by atoms with Crippen LogP contribution in [0.15, 0.2) is 54.6 Å². The lowest BCUT2D eigenvalue weighted by molar-refractivity contribution is -0.122. The topological polar surface area (TPSA) is 50.4 Å². The van der Waals surface area contributed by atoms with Crippen molar-refractivity contribution in [3.05, 3.63) is 65.7 Å². The van der Waals surface area contributed by atoms with Crippen LogP contribution < -0.4 is 15.4 Å². The highest BCUT2D eigenvalue weighted by molar-refractivity contribution is 5.76. The molecule has 1 aliphatic heterocycles. The standard InChI is InChI=1S/C21H26N2O2/c24-21(14-17-10-12-22-13-11-17)23-15-18-6-8-20(9-7-18)25-16-19-4-2-1-3-5-19/h1-9,17,22H,10-16H2,(H,23,24). The van der Waals surface area contributed by atoms with Crippen LogP contribution in [-0.4, -0.2) is 19.0 Å². The fourth-order valence-electron chi connectivity index (χ4n) is 3.07. The second-order valence-corrected chi connectivity index (χ2v) is 6.59. The number of ether oxygens (including phenoxy) is 1. The van der Waals surface area contributed by atoms with Gasteiger partial charge in [-0.2, -0.15) is 0 Å². The molecule has 25 heavy (non-hydrogen) atoms. The molecule has 0 atom stereocenters. The fraction of sp³-hybridized carbons (Fsp3) is 0.381. The maximum absolute atomic E-state index is 12.1. The third kappa shape index (κ3) is 5.91. The first-order valence-electron chi connectivity index (χ1n) is 9.03. The maximum atomic E-state index is 12.1. The highest BCUT2D eigenvalue weighted by atomic mass is 16.5. The lowest BCUT2D eigenvalue weighted by Crippen LogP contribution is -2.32. The van der Waals surface area contributed by atoms with Crippen LogP contribution in [0.3, 0.4) is 0 Å². The monoisotopic (exact) mass is 338 g/mol. The second-order valence-electron chi connectivity index (χ2n) is 6.59. The second kappa shape index (κ2) is 9.23. The van der Waals surface area contributed by atoms with Crippen LogP contribution in [0.5, 0.6) is 5.75 Å². The van der Waals surface area contributed by atoms with Gasteiger partial charge in [-0.15, -0.1) is 0 Å². The van der Waals surface area contributed by atoms with Gasteiger partial charge >= 0.3 is 0 Å². The molecule has 0 aliphatic carbocycles. The van der Waals surface area contributed by atoms with Crippen LogP contribution in [0, 0.1) is 5.92 Å². The van der Waals surface area contributed by atoms with Crippen molar-refractivity contribution in [1.29, 1.82) is 0 Å². The van der Waals surface area contributed by atoms with Gasteiger partial charge in [0.15, 0.2) is 0 Å². The molecule has 1 aliphatic rings. The first kappa shape index (κ1) is 17.5. The van der Waals surface area contributed by atoms with E-state index in [2.05, 4.69) is 10.6 Å². The van der Waals surface area contributed by atoms with Crippen molar-refractivity contribution in [2.75, 3.05) is 13.1 Å². The Balaban J connectivity index is 1.40. The van der Waals surface area contributed by atoms with Gasteiger partial charge in [-0.05, 0) is 55.1 Å². The average molecular weight is 338 g/mol. The number of nitrogens with one attached hydrogen (secondary N) is 2. The summed E-state index contributed by atoms with van der Waals surface area (Å²) in [4.78, 5) is 12.1. The van der Waals surface area contributed by atoms with E-state index in [-0.39, 0.29) is 5.91 Å². The summed E-state index contributed by atoms with van der Waals surface area (Å²) in [5.41, 5.74) is 2.24. The Hall–Kier alpha value is -2.33. The minimum absolute atomic E-state index is 0.149. The third-order valence-electron chi connectivity index (χ3n) is 4.59. The molecule has 4 nitrogen and oxygen atoms in total. The Labute approximate surface area is 149 Å². The predicted molar refractivity (Wildman–Crippen MR) is 99.3 cm³/mol. The zero-order valence-electron chi connectivity index (χ0n) is 14.5. The van der Waals surface area contributed by atoms with Crippen molar-refractivity contribution in [1.82, 2.24) is 10.6 Å². The number of carbonyl (C=O) groups excluding carboxylic acids is 1. The van der Waals surface area contributed by atoms with E-state index >= 15 is 0 Å². The zero-order chi connectivity index (χ0) is 17.3. The molecule has 0 bridgehead atoms. The number of hydrogen-bond acceptors (Lipinski definition) is 3. The van der Waals surface area contributed by atoms with E-state index in [1.54, 1.807) is 0 Å². The molecule has 0 saturated carbocycles. The smallest absolute Gasteiger partial charge is 0.220 e. The summed E-state index contributed by atoms with van der Waals surface area (Å²) >= 11 is 0. The number of hydrogen-bond donors (Lipinski definition) is 2. The van der Waals surface area contributed by atoms with Gasteiger partial charge in [-0.3, -0.25) is 4.79 Å². The van der Waals surface area contributed by atoms with E-state index in [4.69, 9.17) is 4.74 Å². The van der Waals surface area contributed by atoms with Gasteiger partial charge in [0.2, 0.25) is 5.91 Å². The summed E-state index contributed by atoms with van der Waals surface area (Å²) in [7, 11) is 0. The van der Waals surface area contributed by atoms with E-state index in [9.17, 15) is 4.79 Å². The molecule has 1 amide bonds. The number of piperidine rings is 1. The molecular weight excluding hydrogens is 312 g/mol. The minimum Gasteiger partial charge on any atom is -0.489 e. The van der Waals surface area contributed by atoms with Crippen molar-refractivity contribution in [3.63, 3.8) is 0 Å². The maximum Gasteiger partial charge on any atom is 0.220 e. The minimum atomic E-state index is 0.149. The molecule has 1 heterocycles. The number of rotatable bonds is 7. The highest BCUT2D eigenvalue weighted by Gasteiger charge is 2.16. The molecule has 132 valence electrons. The van der Waals surface area contributed by atoms with Gasteiger partial charge < -0.3 is 15.4 Å². The van der Waals surface area contributed by atoms with Crippen molar-refractivity contribution in [2.45, 2.75) is 32.4 Å². The molecule has 0 unspecified atom stereocenters. The Morgan fingerprint density at radius 1 is 1.00 bits per heavy atom. The van der Waals surface area contributed by atoms with Gasteiger partial charge in [0.25, 0.3) is 0 Å². The molecular formula is C21H26N2O2.